The van der Waals surface area contributed by atoms with Gasteiger partial charge in [-0.25, -0.2) is 15.2 Å². The van der Waals surface area contributed by atoms with Gasteiger partial charge in [0.2, 0.25) is 5.91 Å². The first-order valence-corrected chi connectivity index (χ1v) is 8.94. The van der Waals surface area contributed by atoms with Gasteiger partial charge >= 0.3 is 0 Å². The maximum atomic E-state index is 13.0. The van der Waals surface area contributed by atoms with Crippen molar-refractivity contribution in [3.63, 3.8) is 0 Å². The van der Waals surface area contributed by atoms with Crippen LogP contribution in [-0.4, -0.2) is 25.7 Å². The van der Waals surface area contributed by atoms with Crippen molar-refractivity contribution in [2.24, 2.45) is 0 Å². The largest absolute Gasteiger partial charge is 0.493 e. The first-order valence-electron chi connectivity index (χ1n) is 8.94. The van der Waals surface area contributed by atoms with Crippen molar-refractivity contribution in [1.29, 1.82) is 0 Å². The average Bonchev–Trinajstić information content (AvgIpc) is 3.18. The summed E-state index contributed by atoms with van der Waals surface area (Å²) in [4.78, 5) is 12.4. The molecule has 0 bridgehead atoms. The normalized spacial score (nSPS) is 18.9. The van der Waals surface area contributed by atoms with Gasteiger partial charge in [0.15, 0.2) is 11.5 Å². The molecule has 2 aromatic carbocycles. The summed E-state index contributed by atoms with van der Waals surface area (Å²) in [5.74, 6) is 0.948. The fraction of sp³-hybridized carbons (Fsp3) is 0.350. The third-order valence-corrected chi connectivity index (χ3v) is 4.49. The molecule has 0 saturated carbocycles. The van der Waals surface area contributed by atoms with Gasteiger partial charge in [-0.15, -0.1) is 0 Å². The minimum Gasteiger partial charge on any atom is -0.493 e. The quantitative estimate of drug-likeness (QED) is 0.695. The summed E-state index contributed by atoms with van der Waals surface area (Å²) >= 11 is 0. The zero-order valence-electron chi connectivity index (χ0n) is 15.4. The topological polar surface area (TPSA) is 71.6 Å². The van der Waals surface area contributed by atoms with E-state index >= 15 is 0 Å². The number of rotatable bonds is 7. The molecule has 6 nitrogen and oxygen atoms in total. The van der Waals surface area contributed by atoms with Crippen LogP contribution in [0.2, 0.25) is 0 Å². The second kappa shape index (κ2) is 8.83. The van der Waals surface area contributed by atoms with E-state index in [1.54, 1.807) is 19.2 Å². The van der Waals surface area contributed by atoms with E-state index in [4.69, 9.17) is 9.47 Å². The Morgan fingerprint density at radius 2 is 1.96 bits per heavy atom. The molecule has 1 heterocycles. The van der Waals surface area contributed by atoms with E-state index in [0.717, 1.165) is 11.1 Å². The minimum absolute atomic E-state index is 0.0353. The van der Waals surface area contributed by atoms with Gasteiger partial charge in [-0.2, -0.15) is 0 Å². The van der Waals surface area contributed by atoms with Crippen molar-refractivity contribution in [2.45, 2.75) is 32.0 Å². The fourth-order valence-electron chi connectivity index (χ4n) is 3.05. The van der Waals surface area contributed by atoms with Crippen molar-refractivity contribution in [1.82, 2.24) is 16.2 Å². The van der Waals surface area contributed by atoms with E-state index in [-0.39, 0.29) is 23.8 Å². The van der Waals surface area contributed by atoms with E-state index in [1.165, 1.54) is 12.1 Å². The van der Waals surface area contributed by atoms with Gasteiger partial charge in [0, 0.05) is 12.6 Å². The van der Waals surface area contributed by atoms with Crippen LogP contribution >= 0.6 is 0 Å². The van der Waals surface area contributed by atoms with Crippen molar-refractivity contribution >= 4 is 5.91 Å². The number of benzene rings is 2. The van der Waals surface area contributed by atoms with E-state index in [2.05, 4.69) is 16.2 Å². The minimum atomic E-state index is -0.357. The van der Waals surface area contributed by atoms with Gasteiger partial charge < -0.3 is 14.8 Å². The molecule has 3 N–H and O–H groups in total. The summed E-state index contributed by atoms with van der Waals surface area (Å²) in [6.45, 7) is 2.86. The molecule has 1 aliphatic rings. The molecule has 27 heavy (non-hydrogen) atoms. The molecule has 3 rings (SSSR count). The molecule has 1 saturated heterocycles. The molecule has 0 spiro atoms. The van der Waals surface area contributed by atoms with Crippen molar-refractivity contribution in [2.75, 3.05) is 13.7 Å². The second-order valence-corrected chi connectivity index (χ2v) is 6.32. The van der Waals surface area contributed by atoms with Crippen molar-refractivity contribution in [3.05, 3.63) is 59.4 Å². The van der Waals surface area contributed by atoms with Crippen LogP contribution < -0.4 is 25.6 Å². The SMILES string of the molecule is CCOc1ccc(CNC(=O)C2CC(c3ccc(F)cc3)NN2)cc1OC. The Kier molecular flexibility index (Phi) is 6.26. The molecule has 1 fully saturated rings. The van der Waals surface area contributed by atoms with Crippen LogP contribution in [-0.2, 0) is 11.3 Å². The Bertz CT molecular complexity index is 783. The molecule has 144 valence electrons. The molecule has 1 amide bonds. The number of halogens is 1. The molecule has 1 aliphatic heterocycles. The van der Waals surface area contributed by atoms with Crippen LogP contribution in [0.1, 0.15) is 30.5 Å². The van der Waals surface area contributed by atoms with E-state index in [0.29, 0.717) is 31.1 Å². The maximum absolute atomic E-state index is 13.0. The smallest absolute Gasteiger partial charge is 0.238 e. The van der Waals surface area contributed by atoms with Gasteiger partial charge in [0.1, 0.15) is 11.9 Å². The third-order valence-electron chi connectivity index (χ3n) is 4.49. The highest BCUT2D eigenvalue weighted by Gasteiger charge is 2.29. The molecular weight excluding hydrogens is 349 g/mol. The predicted octanol–water partition coefficient (Wildman–Crippen LogP) is 2.46. The summed E-state index contributed by atoms with van der Waals surface area (Å²) < 4.78 is 23.9. The Balaban J connectivity index is 1.54. The summed E-state index contributed by atoms with van der Waals surface area (Å²) in [5.41, 5.74) is 7.96. The maximum Gasteiger partial charge on any atom is 0.238 e. The number of amides is 1. The molecular formula is C20H24FN3O3. The van der Waals surface area contributed by atoms with Gasteiger partial charge in [-0.1, -0.05) is 18.2 Å². The average molecular weight is 373 g/mol. The Hall–Kier alpha value is -2.64. The van der Waals surface area contributed by atoms with E-state index in [1.807, 2.05) is 25.1 Å². The summed E-state index contributed by atoms with van der Waals surface area (Å²) in [6, 6.07) is 11.5. The summed E-state index contributed by atoms with van der Waals surface area (Å²) in [5, 5.41) is 2.93. The van der Waals surface area contributed by atoms with Crippen LogP contribution in [0.3, 0.4) is 0 Å². The number of hydrogen-bond acceptors (Lipinski definition) is 5. The number of nitrogens with one attached hydrogen (secondary N) is 3. The number of hydrogen-bond donors (Lipinski definition) is 3. The Morgan fingerprint density at radius 1 is 1.19 bits per heavy atom. The van der Waals surface area contributed by atoms with Crippen LogP contribution in [0.15, 0.2) is 42.5 Å². The standard InChI is InChI=1S/C20H24FN3O3/c1-3-27-18-9-4-13(10-19(18)26-2)12-22-20(25)17-11-16(23-24-17)14-5-7-15(21)8-6-14/h4-10,16-17,23-24H,3,11-12H2,1-2H3,(H,22,25). The number of ether oxygens (including phenoxy) is 2. The highest BCUT2D eigenvalue weighted by molar-refractivity contribution is 5.82. The first kappa shape index (κ1) is 19.1. The third kappa shape index (κ3) is 4.75. The number of hydrazine groups is 1. The van der Waals surface area contributed by atoms with Gasteiger partial charge in [-0.05, 0) is 48.7 Å². The molecule has 0 aromatic heterocycles. The molecule has 0 aliphatic carbocycles. The highest BCUT2D eigenvalue weighted by Crippen LogP contribution is 2.28. The van der Waals surface area contributed by atoms with Gasteiger partial charge in [0.05, 0.1) is 13.7 Å². The second-order valence-electron chi connectivity index (χ2n) is 6.32. The first-order chi connectivity index (χ1) is 13.1. The van der Waals surface area contributed by atoms with Crippen molar-refractivity contribution < 1.29 is 18.7 Å². The van der Waals surface area contributed by atoms with Crippen LogP contribution in [0.5, 0.6) is 11.5 Å². The van der Waals surface area contributed by atoms with Gasteiger partial charge in [0.25, 0.3) is 0 Å². The molecule has 0 radical (unpaired) electrons. The molecule has 2 unspecified atom stereocenters. The Morgan fingerprint density at radius 3 is 2.67 bits per heavy atom. The van der Waals surface area contributed by atoms with E-state index < -0.39 is 0 Å². The highest BCUT2D eigenvalue weighted by atomic mass is 19.1. The lowest BCUT2D eigenvalue weighted by molar-refractivity contribution is -0.123. The van der Waals surface area contributed by atoms with Crippen LogP contribution in [0.25, 0.3) is 0 Å². The summed E-state index contributed by atoms with van der Waals surface area (Å²) in [7, 11) is 1.59. The number of carbonyl (C=O) groups is 1. The van der Waals surface area contributed by atoms with Crippen LogP contribution in [0.4, 0.5) is 4.39 Å². The zero-order valence-corrected chi connectivity index (χ0v) is 15.4. The lowest BCUT2D eigenvalue weighted by Gasteiger charge is -2.13. The lowest BCUT2D eigenvalue weighted by atomic mass is 10.0. The molecule has 2 aromatic rings. The summed E-state index contributed by atoms with van der Waals surface area (Å²) in [6.07, 6.45) is 0.587. The van der Waals surface area contributed by atoms with Crippen LogP contribution in [0, 0.1) is 5.82 Å². The Labute approximate surface area is 158 Å². The zero-order chi connectivity index (χ0) is 19.2. The fourth-order valence-corrected chi connectivity index (χ4v) is 3.05. The van der Waals surface area contributed by atoms with Gasteiger partial charge in [-0.3, -0.25) is 4.79 Å². The van der Waals surface area contributed by atoms with E-state index in [9.17, 15) is 9.18 Å². The number of methoxy groups -OCH3 is 1. The number of carbonyl (C=O) groups excluding carboxylic acids is 1. The van der Waals surface area contributed by atoms with Crippen molar-refractivity contribution in [3.8, 4) is 11.5 Å². The molecule has 2 atom stereocenters. The molecule has 7 heteroatoms. The lowest BCUT2D eigenvalue weighted by Crippen LogP contribution is -2.42. The monoisotopic (exact) mass is 373 g/mol. The predicted molar refractivity (Wildman–Crippen MR) is 99.8 cm³/mol.